The molecule has 0 aliphatic rings. The van der Waals surface area contributed by atoms with Gasteiger partial charge in [0.25, 0.3) is 0 Å². The monoisotopic (exact) mass is 317 g/mol. The van der Waals surface area contributed by atoms with E-state index in [2.05, 4.69) is 25.3 Å². The molecule has 0 aliphatic heterocycles. The third-order valence-electron chi connectivity index (χ3n) is 2.77. The summed E-state index contributed by atoms with van der Waals surface area (Å²) in [6.45, 7) is 0. The van der Waals surface area contributed by atoms with E-state index < -0.39 is 0 Å². The fourth-order valence-electron chi connectivity index (χ4n) is 1.84. The van der Waals surface area contributed by atoms with Gasteiger partial charge >= 0.3 is 0 Å². The number of halogens is 1. The van der Waals surface area contributed by atoms with Crippen LogP contribution in [0.25, 0.3) is 21.5 Å². The third-order valence-corrected chi connectivity index (χ3v) is 4.06. The molecule has 21 heavy (non-hydrogen) atoms. The van der Waals surface area contributed by atoms with E-state index in [-0.39, 0.29) is 5.84 Å². The number of benzene rings is 1. The molecule has 104 valence electrons. The first kappa shape index (κ1) is 13.5. The van der Waals surface area contributed by atoms with Crippen molar-refractivity contribution in [1.29, 1.82) is 5.53 Å². The van der Waals surface area contributed by atoms with Crippen molar-refractivity contribution in [3.05, 3.63) is 40.8 Å². The first-order valence-corrected chi connectivity index (χ1v) is 7.00. The van der Waals surface area contributed by atoms with Crippen molar-refractivity contribution in [2.45, 2.75) is 0 Å². The molecule has 0 saturated carbocycles. The molecule has 3 aromatic rings. The van der Waals surface area contributed by atoms with Gasteiger partial charge in [0.2, 0.25) is 0 Å². The fraction of sp³-hybridized carbons (Fsp3) is 0. The van der Waals surface area contributed by atoms with Gasteiger partial charge in [0.1, 0.15) is 12.0 Å². The van der Waals surface area contributed by atoms with Crippen LogP contribution in [0.2, 0.25) is 5.02 Å². The van der Waals surface area contributed by atoms with Gasteiger partial charge in [-0.3, -0.25) is 0 Å². The minimum Gasteiger partial charge on any atom is -0.380 e. The maximum atomic E-state index is 6.69. The van der Waals surface area contributed by atoms with Crippen molar-refractivity contribution in [1.82, 2.24) is 15.0 Å². The fourth-order valence-corrected chi connectivity index (χ4v) is 2.86. The lowest BCUT2D eigenvalue weighted by atomic mass is 10.1. The van der Waals surface area contributed by atoms with E-state index in [1.54, 1.807) is 11.6 Å². The van der Waals surface area contributed by atoms with Gasteiger partial charge in [-0.15, -0.1) is 16.4 Å². The summed E-state index contributed by atoms with van der Waals surface area (Å²) in [5, 5.41) is 6.95. The highest BCUT2D eigenvalue weighted by Crippen LogP contribution is 2.31. The van der Waals surface area contributed by atoms with E-state index >= 15 is 0 Å². The van der Waals surface area contributed by atoms with Gasteiger partial charge in [-0.1, -0.05) is 16.8 Å². The van der Waals surface area contributed by atoms with Crippen molar-refractivity contribution < 1.29 is 0 Å². The second kappa shape index (κ2) is 5.51. The number of nitrogens with zero attached hydrogens (tertiary/aromatic N) is 5. The smallest absolute Gasteiger partial charge is 0.173 e. The molecule has 7 nitrogen and oxygen atoms in total. The molecule has 0 unspecified atom stereocenters. The minimum atomic E-state index is 0.0504. The van der Waals surface area contributed by atoms with Crippen molar-refractivity contribution in [3.63, 3.8) is 0 Å². The number of nitrogens with two attached hydrogens (primary N) is 1. The molecule has 2 aromatic heterocycles. The number of hydrogen-bond donors (Lipinski definition) is 2. The van der Waals surface area contributed by atoms with Crippen LogP contribution in [0.3, 0.4) is 0 Å². The topological polar surface area (TPSA) is 113 Å². The third kappa shape index (κ3) is 2.58. The van der Waals surface area contributed by atoms with Gasteiger partial charge in [-0.2, -0.15) is 5.53 Å². The number of hydrogen-bond acceptors (Lipinski definition) is 6. The second-order valence-corrected chi connectivity index (χ2v) is 5.29. The molecular weight excluding hydrogens is 310 g/mol. The molecule has 0 bridgehead atoms. The van der Waals surface area contributed by atoms with Crippen LogP contribution in [0.4, 0.5) is 0 Å². The Bertz CT molecular complexity index is 858. The molecule has 0 atom stereocenters. The molecule has 0 saturated heterocycles. The van der Waals surface area contributed by atoms with Crippen molar-refractivity contribution in [2.75, 3.05) is 0 Å². The number of rotatable bonds is 3. The lowest BCUT2D eigenvalue weighted by Crippen LogP contribution is -2.14. The lowest BCUT2D eigenvalue weighted by molar-refractivity contribution is 0.981. The Hall–Kier alpha value is -2.45. The minimum absolute atomic E-state index is 0.0504. The predicted molar refractivity (Wildman–Crippen MR) is 81.5 cm³/mol. The van der Waals surface area contributed by atoms with E-state index in [0.717, 1.165) is 15.8 Å². The van der Waals surface area contributed by atoms with E-state index in [0.29, 0.717) is 16.4 Å². The zero-order valence-corrected chi connectivity index (χ0v) is 12.1. The summed E-state index contributed by atoms with van der Waals surface area (Å²) in [4.78, 5) is 12.5. The maximum absolute atomic E-state index is 6.69. The molecule has 3 N–H and O–H groups in total. The molecular formula is C12H8ClN7S. The molecule has 0 spiro atoms. The number of amidine groups is 1. The molecule has 9 heteroatoms. The predicted octanol–water partition coefficient (Wildman–Crippen LogP) is 3.06. The maximum Gasteiger partial charge on any atom is 0.173 e. The Morgan fingerprint density at radius 1 is 1.24 bits per heavy atom. The highest BCUT2D eigenvalue weighted by atomic mass is 35.5. The summed E-state index contributed by atoms with van der Waals surface area (Å²) in [6, 6.07) is 5.37. The van der Waals surface area contributed by atoms with Gasteiger partial charge < -0.3 is 5.73 Å². The first-order valence-electron chi connectivity index (χ1n) is 5.74. The molecule has 2 heterocycles. The average Bonchev–Trinajstić information content (AvgIpc) is 2.96. The number of aromatic nitrogens is 3. The van der Waals surface area contributed by atoms with Gasteiger partial charge in [0, 0.05) is 5.56 Å². The first-order chi connectivity index (χ1) is 10.2. The molecule has 0 radical (unpaired) electrons. The highest BCUT2D eigenvalue weighted by molar-refractivity contribution is 7.17. The molecule has 0 aliphatic carbocycles. The molecule has 0 amide bonds. The van der Waals surface area contributed by atoms with E-state index in [9.17, 15) is 0 Å². The summed E-state index contributed by atoms with van der Waals surface area (Å²) >= 11 is 7.73. The number of nitrogens with one attached hydrogen (secondary N) is 1. The van der Waals surface area contributed by atoms with Gasteiger partial charge in [-0.25, -0.2) is 15.0 Å². The van der Waals surface area contributed by atoms with E-state index in [1.165, 1.54) is 17.7 Å². The largest absolute Gasteiger partial charge is 0.380 e. The number of fused-ring (bicyclic) bond motifs is 1. The van der Waals surface area contributed by atoms with Gasteiger partial charge in [0.15, 0.2) is 5.84 Å². The Balaban J connectivity index is 2.12. The van der Waals surface area contributed by atoms with Crippen molar-refractivity contribution >= 4 is 39.0 Å². The number of thiazole rings is 1. The zero-order chi connectivity index (χ0) is 14.8. The van der Waals surface area contributed by atoms with Crippen LogP contribution < -0.4 is 5.73 Å². The van der Waals surface area contributed by atoms with Crippen LogP contribution in [0.5, 0.6) is 0 Å². The molecule has 3 rings (SSSR count). The van der Waals surface area contributed by atoms with Crippen LogP contribution in [-0.2, 0) is 0 Å². The summed E-state index contributed by atoms with van der Waals surface area (Å²) in [7, 11) is 0. The quantitative estimate of drug-likeness (QED) is 0.334. The normalized spacial score (nSPS) is 11.8. The molecule has 1 aromatic carbocycles. The Morgan fingerprint density at radius 2 is 2.10 bits per heavy atom. The SMILES string of the molecule is N=NN=C(N)c1cc(-c2cc(Cl)c3scnc3c2)ncn1. The lowest BCUT2D eigenvalue weighted by Gasteiger charge is -2.04. The Labute approximate surface area is 128 Å². The highest BCUT2D eigenvalue weighted by Gasteiger charge is 2.10. The van der Waals surface area contributed by atoms with Crippen LogP contribution in [-0.4, -0.2) is 20.8 Å². The van der Waals surface area contributed by atoms with E-state index in [4.69, 9.17) is 22.9 Å². The molecule has 0 fully saturated rings. The second-order valence-electron chi connectivity index (χ2n) is 4.03. The average molecular weight is 318 g/mol. The van der Waals surface area contributed by atoms with Gasteiger partial charge in [-0.05, 0) is 18.2 Å². The van der Waals surface area contributed by atoms with Crippen molar-refractivity contribution in [2.24, 2.45) is 16.1 Å². The van der Waals surface area contributed by atoms with Crippen LogP contribution in [0, 0.1) is 5.53 Å². The zero-order valence-electron chi connectivity index (χ0n) is 10.5. The van der Waals surface area contributed by atoms with Crippen LogP contribution >= 0.6 is 22.9 Å². The van der Waals surface area contributed by atoms with Gasteiger partial charge in [0.05, 0.1) is 26.4 Å². The van der Waals surface area contributed by atoms with Crippen molar-refractivity contribution in [3.8, 4) is 11.3 Å². The van der Waals surface area contributed by atoms with E-state index in [1.807, 2.05) is 12.1 Å². The summed E-state index contributed by atoms with van der Waals surface area (Å²) in [5.41, 5.74) is 16.7. The van der Waals surface area contributed by atoms with Crippen LogP contribution in [0.1, 0.15) is 5.69 Å². The van der Waals surface area contributed by atoms with Crippen LogP contribution in [0.15, 0.2) is 40.4 Å². The standard InChI is InChI=1S/C12H8ClN7S/c13-7-1-6(2-9-11(7)21-5-18-9)8-3-10(17-4-16-8)12(14)19-20-15/h1-5H,(H3,14,15,19). The summed E-state index contributed by atoms with van der Waals surface area (Å²) in [6.07, 6.45) is 1.37. The summed E-state index contributed by atoms with van der Waals surface area (Å²) in [5.74, 6) is 0.0504. The Morgan fingerprint density at radius 3 is 2.90 bits per heavy atom. The summed E-state index contributed by atoms with van der Waals surface area (Å²) < 4.78 is 0.934. The Kier molecular flexibility index (Phi) is 3.55.